The molecule has 3 aromatic carbocycles. The van der Waals surface area contributed by atoms with Gasteiger partial charge in [0.05, 0.1) is 12.9 Å². The number of aromatic nitrogens is 2. The average Bonchev–Trinajstić information content (AvgIpc) is 3.65. The van der Waals surface area contributed by atoms with Crippen molar-refractivity contribution in [2.24, 2.45) is 5.92 Å². The van der Waals surface area contributed by atoms with Crippen LogP contribution in [0.25, 0.3) is 0 Å². The third-order valence-electron chi connectivity index (χ3n) is 8.09. The SMILES string of the molecule is CC(=O)N[C@@H](CC(C)C)C(=O)N[C@@H](Cc1cnc[nH]1)C(=O)Nc1ccc2c(c1)Oc1cc(N)ccc1C21OCc2ccccc21. The highest BCUT2D eigenvalue weighted by Gasteiger charge is 2.49. The van der Waals surface area contributed by atoms with Gasteiger partial charge in [-0.25, -0.2) is 4.98 Å². The van der Waals surface area contributed by atoms with E-state index in [0.717, 1.165) is 22.3 Å². The lowest BCUT2D eigenvalue weighted by atomic mass is 9.77. The largest absolute Gasteiger partial charge is 0.456 e. The summed E-state index contributed by atoms with van der Waals surface area (Å²) in [5.74, 6) is 0.0137. The van der Waals surface area contributed by atoms with Crippen LogP contribution in [0, 0.1) is 5.92 Å². The van der Waals surface area contributed by atoms with Gasteiger partial charge in [0.1, 0.15) is 23.6 Å². The predicted octanol–water partition coefficient (Wildman–Crippen LogP) is 4.14. The number of ether oxygens (including phenoxy) is 2. The Bertz CT molecular complexity index is 1750. The van der Waals surface area contributed by atoms with Gasteiger partial charge in [0.2, 0.25) is 17.7 Å². The van der Waals surface area contributed by atoms with Crippen molar-refractivity contribution in [1.29, 1.82) is 0 Å². The van der Waals surface area contributed by atoms with Crippen molar-refractivity contribution in [2.45, 2.75) is 57.9 Å². The lowest BCUT2D eigenvalue weighted by Crippen LogP contribution is -2.53. The smallest absolute Gasteiger partial charge is 0.247 e. The topological polar surface area (TPSA) is 160 Å². The molecule has 6 rings (SSSR count). The number of hydrogen-bond acceptors (Lipinski definition) is 7. The second-order valence-electron chi connectivity index (χ2n) is 11.9. The number of hydrogen-bond donors (Lipinski definition) is 5. The van der Waals surface area contributed by atoms with Crippen LogP contribution < -0.4 is 26.4 Å². The van der Waals surface area contributed by atoms with Crippen LogP contribution in [0.2, 0.25) is 0 Å². The monoisotopic (exact) mass is 608 g/mol. The number of nitrogens with zero attached hydrogens (tertiary/aromatic N) is 1. The van der Waals surface area contributed by atoms with Crippen molar-refractivity contribution in [3.05, 3.63) is 101 Å². The van der Waals surface area contributed by atoms with Crippen LogP contribution in [0.1, 0.15) is 55.1 Å². The summed E-state index contributed by atoms with van der Waals surface area (Å²) >= 11 is 0. The molecule has 2 aliphatic rings. The van der Waals surface area contributed by atoms with E-state index < -0.39 is 29.5 Å². The Morgan fingerprint density at radius 2 is 1.71 bits per heavy atom. The van der Waals surface area contributed by atoms with E-state index in [2.05, 4.69) is 38.1 Å². The number of benzene rings is 3. The van der Waals surface area contributed by atoms with Gasteiger partial charge in [0.25, 0.3) is 0 Å². The summed E-state index contributed by atoms with van der Waals surface area (Å²) in [6, 6.07) is 17.3. The summed E-state index contributed by atoms with van der Waals surface area (Å²) in [6.07, 6.45) is 3.69. The van der Waals surface area contributed by atoms with E-state index >= 15 is 0 Å². The van der Waals surface area contributed by atoms with E-state index in [9.17, 15) is 14.4 Å². The molecule has 4 aromatic rings. The highest BCUT2D eigenvalue weighted by Crippen LogP contribution is 2.56. The van der Waals surface area contributed by atoms with E-state index in [1.165, 1.54) is 13.3 Å². The van der Waals surface area contributed by atoms with Crippen molar-refractivity contribution in [3.63, 3.8) is 0 Å². The zero-order valence-corrected chi connectivity index (χ0v) is 25.3. The molecule has 0 saturated heterocycles. The number of rotatable bonds is 9. The van der Waals surface area contributed by atoms with Crippen LogP contribution >= 0.6 is 0 Å². The third-order valence-corrected chi connectivity index (χ3v) is 8.09. The van der Waals surface area contributed by atoms with Crippen LogP contribution in [0.3, 0.4) is 0 Å². The van der Waals surface area contributed by atoms with Crippen LogP contribution in [0.5, 0.6) is 11.5 Å². The lowest BCUT2D eigenvalue weighted by Gasteiger charge is -2.37. The van der Waals surface area contributed by atoms with Gasteiger partial charge in [-0.3, -0.25) is 14.4 Å². The summed E-state index contributed by atoms with van der Waals surface area (Å²) in [5.41, 5.74) is 10.7. The minimum Gasteiger partial charge on any atom is -0.456 e. The van der Waals surface area contributed by atoms with Crippen molar-refractivity contribution in [2.75, 3.05) is 11.1 Å². The van der Waals surface area contributed by atoms with Crippen LogP contribution in [-0.2, 0) is 37.7 Å². The molecule has 0 radical (unpaired) electrons. The number of fused-ring (bicyclic) bond motifs is 6. The Morgan fingerprint density at radius 1 is 0.956 bits per heavy atom. The fourth-order valence-corrected chi connectivity index (χ4v) is 6.13. The number of amides is 3. The van der Waals surface area contributed by atoms with Crippen molar-refractivity contribution in [3.8, 4) is 11.5 Å². The van der Waals surface area contributed by atoms with Gasteiger partial charge < -0.3 is 36.1 Å². The third kappa shape index (κ3) is 5.86. The maximum absolute atomic E-state index is 13.7. The van der Waals surface area contributed by atoms with Gasteiger partial charge >= 0.3 is 0 Å². The molecule has 11 heteroatoms. The Balaban J connectivity index is 1.30. The van der Waals surface area contributed by atoms with E-state index in [-0.39, 0.29) is 18.2 Å². The standard InChI is InChI=1S/C34H36N6O5/c1-19(2)12-28(38-20(3)41)33(43)40-29(14-24-16-36-18-37-24)32(42)39-23-9-11-27-31(15-23)45-30-13-22(35)8-10-26(30)34(27)25-7-5-4-6-21(25)17-44-34/h4-11,13,15-16,18-19,28-29H,12,14,17,35H2,1-3H3,(H,36,37)(H,38,41)(H,39,42)(H,40,43)/t28-,29-,34?/m0/s1. The Kier molecular flexibility index (Phi) is 8.03. The molecule has 11 nitrogen and oxygen atoms in total. The molecule has 1 spiro atoms. The van der Waals surface area contributed by atoms with Gasteiger partial charge in [-0.15, -0.1) is 0 Å². The number of H-pyrrole nitrogens is 1. The second-order valence-corrected chi connectivity index (χ2v) is 11.9. The van der Waals surface area contributed by atoms with Crippen LogP contribution in [0.15, 0.2) is 73.2 Å². The molecule has 0 fully saturated rings. The Hall–Kier alpha value is -5.16. The summed E-state index contributed by atoms with van der Waals surface area (Å²) in [5, 5.41) is 8.48. The van der Waals surface area contributed by atoms with E-state index in [4.69, 9.17) is 15.2 Å². The normalized spacial score (nSPS) is 17.4. The zero-order valence-electron chi connectivity index (χ0n) is 25.3. The minimum absolute atomic E-state index is 0.141. The fourth-order valence-electron chi connectivity index (χ4n) is 6.13. The highest BCUT2D eigenvalue weighted by molar-refractivity contribution is 5.98. The molecule has 2 aliphatic heterocycles. The van der Waals surface area contributed by atoms with Gasteiger partial charge in [0.15, 0.2) is 5.60 Å². The molecule has 232 valence electrons. The number of anilines is 2. The van der Waals surface area contributed by atoms with E-state index in [1.54, 1.807) is 24.4 Å². The molecular weight excluding hydrogens is 572 g/mol. The molecule has 1 aromatic heterocycles. The molecule has 0 saturated carbocycles. The summed E-state index contributed by atoms with van der Waals surface area (Å²) in [4.78, 5) is 45.9. The van der Waals surface area contributed by atoms with E-state index in [0.29, 0.717) is 41.6 Å². The van der Waals surface area contributed by atoms with Crippen molar-refractivity contribution >= 4 is 29.1 Å². The molecule has 3 atom stereocenters. The zero-order chi connectivity index (χ0) is 31.7. The molecule has 6 N–H and O–H groups in total. The molecule has 3 amide bonds. The number of nitrogen functional groups attached to an aromatic ring is 1. The summed E-state index contributed by atoms with van der Waals surface area (Å²) in [7, 11) is 0. The molecular formula is C34H36N6O5. The number of nitrogens with two attached hydrogens (primary N) is 1. The van der Waals surface area contributed by atoms with Crippen molar-refractivity contribution in [1.82, 2.24) is 20.6 Å². The fraction of sp³-hybridized carbons (Fsp3) is 0.294. The molecule has 3 heterocycles. The number of carbonyl (C=O) groups is 3. The average molecular weight is 609 g/mol. The second kappa shape index (κ2) is 12.1. The Morgan fingerprint density at radius 3 is 2.44 bits per heavy atom. The van der Waals surface area contributed by atoms with Crippen LogP contribution in [-0.4, -0.2) is 39.8 Å². The lowest BCUT2D eigenvalue weighted by molar-refractivity contribution is -0.130. The summed E-state index contributed by atoms with van der Waals surface area (Å²) < 4.78 is 13.0. The van der Waals surface area contributed by atoms with Gasteiger partial charge in [0, 0.05) is 59.9 Å². The first-order chi connectivity index (χ1) is 21.6. The Labute approximate surface area is 260 Å². The first-order valence-corrected chi connectivity index (χ1v) is 14.9. The van der Waals surface area contributed by atoms with Gasteiger partial charge in [-0.2, -0.15) is 0 Å². The summed E-state index contributed by atoms with van der Waals surface area (Å²) in [6.45, 7) is 5.71. The van der Waals surface area contributed by atoms with E-state index in [1.807, 2.05) is 44.2 Å². The predicted molar refractivity (Wildman–Crippen MR) is 168 cm³/mol. The highest BCUT2D eigenvalue weighted by atomic mass is 16.5. The number of imidazole rings is 1. The minimum atomic E-state index is -0.963. The maximum atomic E-state index is 13.7. The van der Waals surface area contributed by atoms with Crippen molar-refractivity contribution < 1.29 is 23.9 Å². The first kappa shape index (κ1) is 29.9. The first-order valence-electron chi connectivity index (χ1n) is 14.9. The molecule has 0 bridgehead atoms. The van der Waals surface area contributed by atoms with Gasteiger partial charge in [-0.1, -0.05) is 38.1 Å². The number of aromatic amines is 1. The molecule has 45 heavy (non-hydrogen) atoms. The van der Waals surface area contributed by atoms with Crippen LogP contribution in [0.4, 0.5) is 11.4 Å². The molecule has 0 aliphatic carbocycles. The molecule has 1 unspecified atom stereocenters. The number of carbonyl (C=O) groups excluding carboxylic acids is 3. The maximum Gasteiger partial charge on any atom is 0.247 e. The number of nitrogens with one attached hydrogen (secondary N) is 4. The van der Waals surface area contributed by atoms with Gasteiger partial charge in [-0.05, 0) is 47.7 Å². The quantitative estimate of drug-likeness (QED) is 0.179.